The maximum absolute atomic E-state index is 13.2. The van der Waals surface area contributed by atoms with Crippen LogP contribution < -0.4 is 11.0 Å². The van der Waals surface area contributed by atoms with Gasteiger partial charge in [-0.1, -0.05) is 37.1 Å². The molecular weight excluding hydrogens is 404 g/mol. The molecule has 0 atom stereocenters. The third-order valence-electron chi connectivity index (χ3n) is 4.67. The molecule has 0 saturated carbocycles. The molecule has 0 unspecified atom stereocenters. The van der Waals surface area contributed by atoms with Gasteiger partial charge in [0.25, 0.3) is 11.5 Å². The van der Waals surface area contributed by atoms with Gasteiger partial charge in [0, 0.05) is 29.4 Å². The van der Waals surface area contributed by atoms with Crippen LogP contribution >= 0.6 is 11.6 Å². The van der Waals surface area contributed by atoms with E-state index in [9.17, 15) is 9.59 Å². The highest BCUT2D eigenvalue weighted by molar-refractivity contribution is 6.30. The summed E-state index contributed by atoms with van der Waals surface area (Å²) in [5.41, 5.74) is 4.59. The largest absolute Gasteiger partial charge is 0.298 e. The van der Waals surface area contributed by atoms with Crippen LogP contribution in [-0.4, -0.2) is 30.7 Å². The van der Waals surface area contributed by atoms with E-state index in [1.54, 1.807) is 30.5 Å². The molecule has 0 bridgehead atoms. The number of nitrogens with one attached hydrogen (secondary N) is 2. The van der Waals surface area contributed by atoms with Gasteiger partial charge in [-0.2, -0.15) is 5.10 Å². The smallest absolute Gasteiger partial charge is 0.270 e. The highest BCUT2D eigenvalue weighted by atomic mass is 35.5. The first kappa shape index (κ1) is 19.8. The van der Waals surface area contributed by atoms with E-state index in [2.05, 4.69) is 25.6 Å². The first-order valence-corrected chi connectivity index (χ1v) is 9.93. The molecule has 0 aliphatic carbocycles. The van der Waals surface area contributed by atoms with Crippen LogP contribution in [-0.2, 0) is 6.42 Å². The number of aromatic nitrogens is 5. The zero-order valence-electron chi connectivity index (χ0n) is 16.2. The lowest BCUT2D eigenvalue weighted by Crippen LogP contribution is -2.36. The van der Waals surface area contributed by atoms with Gasteiger partial charge in [-0.3, -0.25) is 25.1 Å². The van der Waals surface area contributed by atoms with Crippen molar-refractivity contribution >= 4 is 28.5 Å². The summed E-state index contributed by atoms with van der Waals surface area (Å²) in [5.74, 6) is 0.0183. The number of amides is 1. The molecule has 1 aromatic carbocycles. The van der Waals surface area contributed by atoms with E-state index in [1.165, 1.54) is 10.9 Å². The first-order chi connectivity index (χ1) is 14.6. The summed E-state index contributed by atoms with van der Waals surface area (Å²) in [7, 11) is 0. The van der Waals surface area contributed by atoms with Crippen molar-refractivity contribution in [3.05, 3.63) is 75.6 Å². The van der Waals surface area contributed by atoms with Crippen molar-refractivity contribution < 1.29 is 4.79 Å². The van der Waals surface area contributed by atoms with E-state index in [0.29, 0.717) is 34.0 Å². The highest BCUT2D eigenvalue weighted by Gasteiger charge is 2.19. The number of fused-ring (bicyclic) bond motifs is 1. The Balaban J connectivity index is 1.81. The number of rotatable bonds is 6. The van der Waals surface area contributed by atoms with Crippen molar-refractivity contribution in [2.45, 2.75) is 26.2 Å². The van der Waals surface area contributed by atoms with Gasteiger partial charge in [0.1, 0.15) is 17.0 Å². The van der Waals surface area contributed by atoms with E-state index in [4.69, 9.17) is 11.6 Å². The number of benzene rings is 1. The van der Waals surface area contributed by atoms with Crippen molar-refractivity contribution in [1.29, 1.82) is 0 Å². The van der Waals surface area contributed by atoms with Crippen LogP contribution in [0.15, 0.2) is 53.6 Å². The number of H-pyrrole nitrogens is 1. The summed E-state index contributed by atoms with van der Waals surface area (Å²) >= 11 is 5.98. The van der Waals surface area contributed by atoms with E-state index in [1.807, 2.05) is 19.1 Å². The van der Waals surface area contributed by atoms with Crippen LogP contribution in [0.25, 0.3) is 22.3 Å². The maximum Gasteiger partial charge on any atom is 0.298 e. The van der Waals surface area contributed by atoms with Crippen molar-refractivity contribution in [3.8, 4) is 11.3 Å². The third kappa shape index (κ3) is 3.81. The highest BCUT2D eigenvalue weighted by Crippen LogP contribution is 2.25. The molecule has 30 heavy (non-hydrogen) atoms. The number of carbonyl (C=O) groups excluding carboxylic acids is 1. The molecule has 8 nitrogen and oxygen atoms in total. The minimum Gasteiger partial charge on any atom is -0.270 e. The van der Waals surface area contributed by atoms with Crippen molar-refractivity contribution in [1.82, 2.24) is 24.8 Å². The Kier molecular flexibility index (Phi) is 5.58. The van der Waals surface area contributed by atoms with Crippen LogP contribution in [0.2, 0.25) is 5.02 Å². The fourth-order valence-electron chi connectivity index (χ4n) is 3.09. The van der Waals surface area contributed by atoms with Crippen molar-refractivity contribution in [2.24, 2.45) is 0 Å². The number of aromatic amines is 1. The lowest BCUT2D eigenvalue weighted by atomic mass is 10.1. The first-order valence-electron chi connectivity index (χ1n) is 9.55. The standard InChI is InChI=1S/C21H19ClN6O2/c1-2-3-6-16-24-18-17(13-7-9-15(22)10-8-13)25-26-19(18)21(30)28(16)27-20(29)14-5-4-11-23-12-14/h4-5,7-12H,2-3,6H2,1H3,(H,25,26)(H,27,29). The molecular formula is C21H19ClN6O2. The number of hydrogen-bond donors (Lipinski definition) is 2. The molecule has 0 saturated heterocycles. The number of pyridine rings is 1. The molecule has 4 rings (SSSR count). The normalized spacial score (nSPS) is 11.0. The van der Waals surface area contributed by atoms with Gasteiger partial charge in [0.2, 0.25) is 0 Å². The second-order valence-electron chi connectivity index (χ2n) is 6.76. The van der Waals surface area contributed by atoms with Gasteiger partial charge in [-0.15, -0.1) is 0 Å². The Labute approximate surface area is 176 Å². The Morgan fingerprint density at radius 2 is 2.03 bits per heavy atom. The fraction of sp³-hybridized carbons (Fsp3) is 0.190. The van der Waals surface area contributed by atoms with Gasteiger partial charge in [-0.05, 0) is 30.7 Å². The molecule has 4 aromatic rings. The molecule has 3 aromatic heterocycles. The lowest BCUT2D eigenvalue weighted by molar-refractivity contribution is 0.101. The van der Waals surface area contributed by atoms with Crippen LogP contribution in [0.1, 0.15) is 35.9 Å². The van der Waals surface area contributed by atoms with Crippen molar-refractivity contribution in [3.63, 3.8) is 0 Å². The fourth-order valence-corrected chi connectivity index (χ4v) is 3.22. The number of halogens is 1. The van der Waals surface area contributed by atoms with Crippen molar-refractivity contribution in [2.75, 3.05) is 5.43 Å². The Morgan fingerprint density at radius 3 is 2.73 bits per heavy atom. The van der Waals surface area contributed by atoms with Gasteiger partial charge < -0.3 is 0 Å². The molecule has 0 fully saturated rings. The molecule has 9 heteroatoms. The topological polar surface area (TPSA) is 106 Å². The Bertz CT molecular complexity index is 1250. The summed E-state index contributed by atoms with van der Waals surface area (Å²) in [6.07, 6.45) is 5.27. The third-order valence-corrected chi connectivity index (χ3v) is 4.92. The molecule has 0 radical (unpaired) electrons. The monoisotopic (exact) mass is 422 g/mol. The SMILES string of the molecule is CCCCc1nc2c(-c3ccc(Cl)cc3)n[nH]c2c(=O)n1NC(=O)c1cccnc1. The Hall–Kier alpha value is -3.52. The van der Waals surface area contributed by atoms with Gasteiger partial charge in [0.05, 0.1) is 5.56 Å². The predicted octanol–water partition coefficient (Wildman–Crippen LogP) is 3.56. The quantitative estimate of drug-likeness (QED) is 0.494. The van der Waals surface area contributed by atoms with E-state index < -0.39 is 11.5 Å². The second kappa shape index (κ2) is 8.46. The maximum atomic E-state index is 13.2. The summed E-state index contributed by atoms with van der Waals surface area (Å²) in [5, 5.41) is 7.66. The number of hydrogen-bond acceptors (Lipinski definition) is 5. The number of aryl methyl sites for hydroxylation is 1. The van der Waals surface area contributed by atoms with Gasteiger partial charge in [0.15, 0.2) is 5.52 Å². The predicted molar refractivity (Wildman–Crippen MR) is 115 cm³/mol. The van der Waals surface area contributed by atoms with Crippen LogP contribution in [0, 0.1) is 0 Å². The van der Waals surface area contributed by atoms with Crippen LogP contribution in [0.4, 0.5) is 0 Å². The molecule has 3 heterocycles. The van der Waals surface area contributed by atoms with E-state index >= 15 is 0 Å². The summed E-state index contributed by atoms with van der Waals surface area (Å²) in [6.45, 7) is 2.05. The molecule has 0 aliphatic heterocycles. The average molecular weight is 423 g/mol. The summed E-state index contributed by atoms with van der Waals surface area (Å²) in [6, 6.07) is 10.4. The van der Waals surface area contributed by atoms with E-state index in [0.717, 1.165) is 18.4 Å². The van der Waals surface area contributed by atoms with Gasteiger partial charge in [-0.25, -0.2) is 9.66 Å². The summed E-state index contributed by atoms with van der Waals surface area (Å²) < 4.78 is 1.19. The zero-order chi connectivity index (χ0) is 21.1. The number of carbonyl (C=O) groups is 1. The molecule has 0 aliphatic rings. The molecule has 0 spiro atoms. The molecule has 1 amide bonds. The van der Waals surface area contributed by atoms with Gasteiger partial charge >= 0.3 is 0 Å². The second-order valence-corrected chi connectivity index (χ2v) is 7.19. The number of unbranched alkanes of at least 4 members (excludes halogenated alkanes) is 1. The number of nitrogens with zero attached hydrogens (tertiary/aromatic N) is 4. The lowest BCUT2D eigenvalue weighted by Gasteiger charge is -2.13. The summed E-state index contributed by atoms with van der Waals surface area (Å²) in [4.78, 5) is 34.4. The average Bonchev–Trinajstić information content (AvgIpc) is 3.19. The van der Waals surface area contributed by atoms with Crippen LogP contribution in [0.3, 0.4) is 0 Å². The minimum absolute atomic E-state index is 0.215. The van der Waals surface area contributed by atoms with E-state index in [-0.39, 0.29) is 5.52 Å². The van der Waals surface area contributed by atoms with Crippen LogP contribution in [0.5, 0.6) is 0 Å². The molecule has 2 N–H and O–H groups in total. The zero-order valence-corrected chi connectivity index (χ0v) is 17.0. The Morgan fingerprint density at radius 1 is 1.23 bits per heavy atom. The molecule has 152 valence electrons. The minimum atomic E-state index is -0.443.